The summed E-state index contributed by atoms with van der Waals surface area (Å²) in [5.74, 6) is 0.772. The molecule has 21 heavy (non-hydrogen) atoms. The van der Waals surface area contributed by atoms with E-state index in [1.807, 2.05) is 29.9 Å². The fourth-order valence-corrected chi connectivity index (χ4v) is 2.87. The molecule has 6 heteroatoms. The summed E-state index contributed by atoms with van der Waals surface area (Å²) in [6, 6.07) is 6.12. The van der Waals surface area contributed by atoms with Gasteiger partial charge >= 0.3 is 0 Å². The lowest BCUT2D eigenvalue weighted by Crippen LogP contribution is -2.23. The van der Waals surface area contributed by atoms with E-state index in [9.17, 15) is 0 Å². The van der Waals surface area contributed by atoms with E-state index in [4.69, 9.17) is 16.3 Å². The second-order valence-corrected chi connectivity index (χ2v) is 6.29. The molecule has 0 radical (unpaired) electrons. The number of methoxy groups -OCH3 is 1. The number of hydrogen-bond acceptors (Lipinski definition) is 3. The maximum absolute atomic E-state index is 6.08. The molecule has 0 spiro atoms. The summed E-state index contributed by atoms with van der Waals surface area (Å²) >= 11 is 9.56. The standard InChI is InChI=1S/C15H19BrClN3O/c1-9(2)20-15(13(21-4)8-19-20)14(18-3)10-5-6-12(17)11(16)7-10/h5-9,14,18H,1-4H3. The minimum atomic E-state index is -0.0292. The Labute approximate surface area is 138 Å². The topological polar surface area (TPSA) is 39.1 Å². The Bertz CT molecular complexity index is 627. The molecular formula is C15H19BrClN3O. The average molecular weight is 373 g/mol. The molecule has 0 aliphatic carbocycles. The second-order valence-electron chi connectivity index (χ2n) is 5.03. The summed E-state index contributed by atoms with van der Waals surface area (Å²) in [5.41, 5.74) is 2.10. The molecular weight excluding hydrogens is 354 g/mol. The first-order valence-corrected chi connectivity index (χ1v) is 7.90. The number of hydrogen-bond donors (Lipinski definition) is 1. The lowest BCUT2D eigenvalue weighted by Gasteiger charge is -2.22. The van der Waals surface area contributed by atoms with E-state index < -0.39 is 0 Å². The van der Waals surface area contributed by atoms with Gasteiger partial charge in [-0.1, -0.05) is 17.7 Å². The van der Waals surface area contributed by atoms with E-state index in [0.717, 1.165) is 21.5 Å². The number of aromatic nitrogens is 2. The third-order valence-corrected chi connectivity index (χ3v) is 4.56. The molecule has 1 heterocycles. The van der Waals surface area contributed by atoms with Crippen molar-refractivity contribution in [2.45, 2.75) is 25.9 Å². The Balaban J connectivity index is 2.55. The normalized spacial score (nSPS) is 12.7. The molecule has 2 rings (SSSR count). The van der Waals surface area contributed by atoms with Crippen LogP contribution in [0.4, 0.5) is 0 Å². The van der Waals surface area contributed by atoms with Crippen molar-refractivity contribution in [3.63, 3.8) is 0 Å². The van der Waals surface area contributed by atoms with Gasteiger partial charge in [-0.05, 0) is 54.5 Å². The first kappa shape index (κ1) is 16.3. The largest absolute Gasteiger partial charge is 0.493 e. The van der Waals surface area contributed by atoms with Gasteiger partial charge in [-0.2, -0.15) is 5.10 Å². The third kappa shape index (κ3) is 3.25. The zero-order chi connectivity index (χ0) is 15.6. The molecule has 4 nitrogen and oxygen atoms in total. The third-order valence-electron chi connectivity index (χ3n) is 3.35. The molecule has 2 aromatic rings. The summed E-state index contributed by atoms with van der Waals surface area (Å²) in [6.07, 6.45) is 1.75. The van der Waals surface area contributed by atoms with Crippen LogP contribution in [0.25, 0.3) is 0 Å². The van der Waals surface area contributed by atoms with Gasteiger partial charge < -0.3 is 10.1 Å². The maximum Gasteiger partial charge on any atom is 0.161 e. The molecule has 114 valence electrons. The van der Waals surface area contributed by atoms with Crippen LogP contribution in [0.2, 0.25) is 5.02 Å². The summed E-state index contributed by atoms with van der Waals surface area (Å²) in [4.78, 5) is 0. The van der Waals surface area contributed by atoms with Gasteiger partial charge in [0.2, 0.25) is 0 Å². The minimum Gasteiger partial charge on any atom is -0.493 e. The van der Waals surface area contributed by atoms with Crippen LogP contribution in [0.1, 0.15) is 37.2 Å². The van der Waals surface area contributed by atoms with Crippen molar-refractivity contribution in [2.75, 3.05) is 14.2 Å². The van der Waals surface area contributed by atoms with Gasteiger partial charge in [0.1, 0.15) is 5.69 Å². The van der Waals surface area contributed by atoms with Crippen molar-refractivity contribution in [3.8, 4) is 5.75 Å². The number of rotatable bonds is 5. The van der Waals surface area contributed by atoms with Crippen molar-refractivity contribution in [1.82, 2.24) is 15.1 Å². The highest BCUT2D eigenvalue weighted by Crippen LogP contribution is 2.34. The molecule has 1 unspecified atom stereocenters. The Morgan fingerprint density at radius 2 is 2.10 bits per heavy atom. The van der Waals surface area contributed by atoms with Crippen LogP contribution in [0.15, 0.2) is 28.9 Å². The van der Waals surface area contributed by atoms with Gasteiger partial charge in [-0.25, -0.2) is 0 Å². The summed E-state index contributed by atoms with van der Waals surface area (Å²) in [6.45, 7) is 4.20. The summed E-state index contributed by atoms with van der Waals surface area (Å²) in [5, 5.41) is 8.46. The SMILES string of the molecule is CNC(c1ccc(Cl)c(Br)c1)c1c(OC)cnn1C(C)C. The zero-order valence-electron chi connectivity index (χ0n) is 12.5. The van der Waals surface area contributed by atoms with Gasteiger partial charge in [0.15, 0.2) is 5.75 Å². The van der Waals surface area contributed by atoms with Crippen LogP contribution in [0, 0.1) is 0 Å². The lowest BCUT2D eigenvalue weighted by molar-refractivity contribution is 0.396. The van der Waals surface area contributed by atoms with Crippen molar-refractivity contribution < 1.29 is 4.74 Å². The van der Waals surface area contributed by atoms with E-state index in [-0.39, 0.29) is 12.1 Å². The number of halogens is 2. The van der Waals surface area contributed by atoms with E-state index in [2.05, 4.69) is 40.2 Å². The highest BCUT2D eigenvalue weighted by atomic mass is 79.9. The Morgan fingerprint density at radius 1 is 1.38 bits per heavy atom. The highest BCUT2D eigenvalue weighted by Gasteiger charge is 2.24. The van der Waals surface area contributed by atoms with Crippen LogP contribution in [0.3, 0.4) is 0 Å². The van der Waals surface area contributed by atoms with Crippen molar-refractivity contribution >= 4 is 27.5 Å². The average Bonchev–Trinajstić information content (AvgIpc) is 2.87. The molecule has 1 N–H and O–H groups in total. The first-order chi connectivity index (χ1) is 9.99. The fourth-order valence-electron chi connectivity index (χ4n) is 2.35. The van der Waals surface area contributed by atoms with Crippen LogP contribution in [-0.2, 0) is 0 Å². The number of nitrogens with zero attached hydrogens (tertiary/aromatic N) is 2. The minimum absolute atomic E-state index is 0.0292. The van der Waals surface area contributed by atoms with Crippen LogP contribution >= 0.6 is 27.5 Å². The van der Waals surface area contributed by atoms with E-state index in [0.29, 0.717) is 5.02 Å². The lowest BCUT2D eigenvalue weighted by atomic mass is 10.0. The van der Waals surface area contributed by atoms with Gasteiger partial charge in [-0.15, -0.1) is 0 Å². The molecule has 0 fully saturated rings. The summed E-state index contributed by atoms with van der Waals surface area (Å²) in [7, 11) is 3.58. The van der Waals surface area contributed by atoms with Gasteiger partial charge in [0.25, 0.3) is 0 Å². The fraction of sp³-hybridized carbons (Fsp3) is 0.400. The number of ether oxygens (including phenoxy) is 1. The Morgan fingerprint density at radius 3 is 2.62 bits per heavy atom. The van der Waals surface area contributed by atoms with Crippen LogP contribution in [-0.4, -0.2) is 23.9 Å². The van der Waals surface area contributed by atoms with Crippen molar-refractivity contribution in [1.29, 1.82) is 0 Å². The molecule has 0 aliphatic heterocycles. The first-order valence-electron chi connectivity index (χ1n) is 6.73. The molecule has 0 amide bonds. The van der Waals surface area contributed by atoms with Gasteiger partial charge in [0, 0.05) is 10.5 Å². The monoisotopic (exact) mass is 371 g/mol. The molecule has 1 atom stereocenters. The molecule has 1 aromatic heterocycles. The smallest absolute Gasteiger partial charge is 0.161 e. The van der Waals surface area contributed by atoms with Crippen molar-refractivity contribution in [2.24, 2.45) is 0 Å². The molecule has 1 aromatic carbocycles. The Hall–Kier alpha value is -1.04. The van der Waals surface area contributed by atoms with E-state index in [1.54, 1.807) is 13.3 Å². The molecule has 0 saturated carbocycles. The van der Waals surface area contributed by atoms with Gasteiger partial charge in [0.05, 0.1) is 24.4 Å². The molecule has 0 aliphatic rings. The predicted molar refractivity (Wildman–Crippen MR) is 89.2 cm³/mol. The van der Waals surface area contributed by atoms with E-state index >= 15 is 0 Å². The second kappa shape index (κ2) is 6.81. The highest BCUT2D eigenvalue weighted by molar-refractivity contribution is 9.10. The molecule has 0 saturated heterocycles. The van der Waals surface area contributed by atoms with Crippen LogP contribution in [0.5, 0.6) is 5.75 Å². The maximum atomic E-state index is 6.08. The quantitative estimate of drug-likeness (QED) is 0.855. The van der Waals surface area contributed by atoms with Gasteiger partial charge in [-0.3, -0.25) is 4.68 Å². The number of benzene rings is 1. The van der Waals surface area contributed by atoms with E-state index in [1.165, 1.54) is 0 Å². The predicted octanol–water partition coefficient (Wildman–Crippen LogP) is 4.20. The molecule has 0 bridgehead atoms. The van der Waals surface area contributed by atoms with Crippen molar-refractivity contribution in [3.05, 3.63) is 45.1 Å². The van der Waals surface area contributed by atoms with Crippen LogP contribution < -0.4 is 10.1 Å². The number of nitrogens with one attached hydrogen (secondary N) is 1. The summed E-state index contributed by atoms with van der Waals surface area (Å²) < 4.78 is 8.32. The zero-order valence-corrected chi connectivity index (χ0v) is 14.9. The Kier molecular flexibility index (Phi) is 5.30.